The standard InChI is InChI=1S/C18H25N3O3S/c1-12(2)11-21-15(23)10-14(22)19-18(21)25-16(17(24)20(3)4)13-8-6-5-7-9-13/h5-9,12,16,18H,10-11H2,1-4H3,(H,19,22). The Morgan fingerprint density at radius 3 is 2.48 bits per heavy atom. The van der Waals surface area contributed by atoms with E-state index in [1.54, 1.807) is 19.0 Å². The van der Waals surface area contributed by atoms with Crippen molar-refractivity contribution in [3.05, 3.63) is 35.9 Å². The Bertz CT molecular complexity index is 634. The van der Waals surface area contributed by atoms with E-state index < -0.39 is 10.7 Å². The van der Waals surface area contributed by atoms with Crippen molar-refractivity contribution in [1.29, 1.82) is 0 Å². The van der Waals surface area contributed by atoms with Gasteiger partial charge in [-0.1, -0.05) is 55.9 Å². The summed E-state index contributed by atoms with van der Waals surface area (Å²) in [7, 11) is 3.41. The molecule has 25 heavy (non-hydrogen) atoms. The average molecular weight is 363 g/mol. The number of nitrogens with zero attached hydrogens (tertiary/aromatic N) is 2. The third-order valence-electron chi connectivity index (χ3n) is 3.79. The van der Waals surface area contributed by atoms with E-state index in [1.807, 2.05) is 44.2 Å². The molecule has 6 nitrogen and oxygen atoms in total. The first-order valence-electron chi connectivity index (χ1n) is 8.30. The first-order chi connectivity index (χ1) is 11.8. The molecule has 0 bridgehead atoms. The zero-order valence-corrected chi connectivity index (χ0v) is 15.9. The van der Waals surface area contributed by atoms with Crippen molar-refractivity contribution in [2.75, 3.05) is 20.6 Å². The molecule has 0 spiro atoms. The molecule has 136 valence electrons. The lowest BCUT2D eigenvalue weighted by atomic mass is 10.1. The van der Waals surface area contributed by atoms with Gasteiger partial charge >= 0.3 is 0 Å². The van der Waals surface area contributed by atoms with Crippen LogP contribution in [0.1, 0.15) is 31.1 Å². The first kappa shape index (κ1) is 19.3. The summed E-state index contributed by atoms with van der Waals surface area (Å²) < 4.78 is 0. The SMILES string of the molecule is CC(C)CN1C(=O)CC(=O)NC1SC(C(=O)N(C)C)c1ccccc1. The van der Waals surface area contributed by atoms with Gasteiger partial charge in [-0.3, -0.25) is 14.4 Å². The predicted octanol–water partition coefficient (Wildman–Crippen LogP) is 1.84. The van der Waals surface area contributed by atoms with Crippen LogP contribution in [0.15, 0.2) is 30.3 Å². The molecule has 1 saturated heterocycles. The fourth-order valence-electron chi connectivity index (χ4n) is 2.61. The van der Waals surface area contributed by atoms with Crippen molar-refractivity contribution in [1.82, 2.24) is 15.1 Å². The highest BCUT2D eigenvalue weighted by Crippen LogP contribution is 2.35. The second kappa shape index (κ2) is 8.38. The topological polar surface area (TPSA) is 69.7 Å². The van der Waals surface area contributed by atoms with E-state index in [9.17, 15) is 14.4 Å². The van der Waals surface area contributed by atoms with Crippen LogP contribution in [0, 0.1) is 5.92 Å². The van der Waals surface area contributed by atoms with Gasteiger partial charge in [0.2, 0.25) is 17.7 Å². The molecule has 0 aromatic heterocycles. The minimum atomic E-state index is -0.551. The Morgan fingerprint density at radius 2 is 1.92 bits per heavy atom. The van der Waals surface area contributed by atoms with Crippen LogP contribution in [0.5, 0.6) is 0 Å². The Morgan fingerprint density at radius 1 is 1.28 bits per heavy atom. The molecule has 2 atom stereocenters. The molecule has 1 aromatic carbocycles. The zero-order valence-electron chi connectivity index (χ0n) is 15.1. The molecule has 1 N–H and O–H groups in total. The second-order valence-electron chi connectivity index (χ2n) is 6.70. The molecule has 0 saturated carbocycles. The van der Waals surface area contributed by atoms with Gasteiger partial charge in [-0.25, -0.2) is 0 Å². The van der Waals surface area contributed by atoms with Gasteiger partial charge in [0.05, 0.1) is 0 Å². The Hall–Kier alpha value is -2.02. The van der Waals surface area contributed by atoms with Crippen LogP contribution in [0.2, 0.25) is 0 Å². The van der Waals surface area contributed by atoms with Crippen molar-refractivity contribution in [2.45, 2.75) is 31.0 Å². The highest BCUT2D eigenvalue weighted by atomic mass is 32.2. The third kappa shape index (κ3) is 4.98. The second-order valence-corrected chi connectivity index (χ2v) is 7.89. The summed E-state index contributed by atoms with van der Waals surface area (Å²) in [5, 5.41) is 2.36. The highest BCUT2D eigenvalue weighted by molar-refractivity contribution is 8.00. The normalized spacial score (nSPS) is 18.9. The van der Waals surface area contributed by atoms with Crippen LogP contribution in [0.25, 0.3) is 0 Å². The third-order valence-corrected chi connectivity index (χ3v) is 5.17. The van der Waals surface area contributed by atoms with Crippen molar-refractivity contribution in [3.63, 3.8) is 0 Å². The fourth-order valence-corrected chi connectivity index (χ4v) is 4.05. The Balaban J connectivity index is 2.29. The number of amides is 3. The number of likely N-dealkylation sites (N-methyl/N-ethyl adjacent to an activating group) is 1. The van der Waals surface area contributed by atoms with Gasteiger partial charge < -0.3 is 15.1 Å². The van der Waals surface area contributed by atoms with Crippen LogP contribution in [0.3, 0.4) is 0 Å². The van der Waals surface area contributed by atoms with Crippen molar-refractivity contribution in [3.8, 4) is 0 Å². The monoisotopic (exact) mass is 363 g/mol. The lowest BCUT2D eigenvalue weighted by Gasteiger charge is -2.38. The molecular formula is C18H25N3O3S. The highest BCUT2D eigenvalue weighted by Gasteiger charge is 2.36. The number of benzene rings is 1. The molecule has 0 aliphatic carbocycles. The van der Waals surface area contributed by atoms with E-state index in [0.29, 0.717) is 6.54 Å². The Labute approximate surface area is 152 Å². The maximum absolute atomic E-state index is 12.7. The summed E-state index contributed by atoms with van der Waals surface area (Å²) in [5.41, 5.74) is 0.299. The van der Waals surface area contributed by atoms with Crippen molar-refractivity contribution < 1.29 is 14.4 Å². The average Bonchev–Trinajstić information content (AvgIpc) is 2.55. The molecule has 1 aliphatic heterocycles. The molecule has 2 rings (SSSR count). The molecular weight excluding hydrogens is 338 g/mol. The maximum Gasteiger partial charge on any atom is 0.239 e. The van der Waals surface area contributed by atoms with Crippen LogP contribution in [-0.4, -0.2) is 53.7 Å². The summed E-state index contributed by atoms with van der Waals surface area (Å²) in [5.74, 6) is -0.305. The van der Waals surface area contributed by atoms with Gasteiger partial charge in [0.15, 0.2) is 5.50 Å². The van der Waals surface area contributed by atoms with Gasteiger partial charge in [0.25, 0.3) is 0 Å². The lowest BCUT2D eigenvalue weighted by Crippen LogP contribution is -2.56. The van der Waals surface area contributed by atoms with E-state index in [0.717, 1.165) is 5.56 Å². The van der Waals surface area contributed by atoms with Crippen LogP contribution in [0.4, 0.5) is 0 Å². The molecule has 1 heterocycles. The number of carbonyl (C=O) groups excluding carboxylic acids is 3. The quantitative estimate of drug-likeness (QED) is 0.783. The minimum Gasteiger partial charge on any atom is -0.348 e. The number of hydrogen-bond acceptors (Lipinski definition) is 4. The van der Waals surface area contributed by atoms with Gasteiger partial charge in [0.1, 0.15) is 11.7 Å². The van der Waals surface area contributed by atoms with Crippen molar-refractivity contribution >= 4 is 29.5 Å². The Kier molecular flexibility index (Phi) is 6.47. The summed E-state index contributed by atoms with van der Waals surface area (Å²) in [6.45, 7) is 4.57. The number of nitrogens with one attached hydrogen (secondary N) is 1. The number of thioether (sulfide) groups is 1. The summed E-state index contributed by atoms with van der Waals surface area (Å²) in [4.78, 5) is 40.1. The molecule has 1 fully saturated rings. The summed E-state index contributed by atoms with van der Waals surface area (Å²) in [6, 6.07) is 9.42. The van der Waals surface area contributed by atoms with E-state index in [2.05, 4.69) is 5.32 Å². The zero-order chi connectivity index (χ0) is 18.6. The van der Waals surface area contributed by atoms with Gasteiger partial charge in [-0.15, -0.1) is 0 Å². The smallest absolute Gasteiger partial charge is 0.239 e. The van der Waals surface area contributed by atoms with E-state index in [-0.39, 0.29) is 30.1 Å². The molecule has 1 aromatic rings. The van der Waals surface area contributed by atoms with Crippen LogP contribution >= 0.6 is 11.8 Å². The number of hydrogen-bond donors (Lipinski definition) is 1. The molecule has 7 heteroatoms. The summed E-state index contributed by atoms with van der Waals surface area (Å²) in [6.07, 6.45) is -0.137. The minimum absolute atomic E-state index is 0.0760. The molecule has 0 radical (unpaired) electrons. The molecule has 2 unspecified atom stereocenters. The summed E-state index contributed by atoms with van der Waals surface area (Å²) >= 11 is 1.29. The maximum atomic E-state index is 12.7. The predicted molar refractivity (Wildman–Crippen MR) is 98.6 cm³/mol. The van der Waals surface area contributed by atoms with Gasteiger partial charge in [-0.2, -0.15) is 0 Å². The number of carbonyl (C=O) groups is 3. The van der Waals surface area contributed by atoms with Gasteiger partial charge in [0, 0.05) is 20.6 Å². The van der Waals surface area contributed by atoms with E-state index >= 15 is 0 Å². The largest absolute Gasteiger partial charge is 0.348 e. The van der Waals surface area contributed by atoms with Crippen LogP contribution < -0.4 is 5.32 Å². The first-order valence-corrected chi connectivity index (χ1v) is 9.24. The molecule has 3 amide bonds. The fraction of sp³-hybridized carbons (Fsp3) is 0.500. The van der Waals surface area contributed by atoms with E-state index in [1.165, 1.54) is 16.7 Å². The van der Waals surface area contributed by atoms with Crippen molar-refractivity contribution in [2.24, 2.45) is 5.92 Å². The number of rotatable bonds is 6. The van der Waals surface area contributed by atoms with Gasteiger partial charge in [-0.05, 0) is 11.5 Å². The van der Waals surface area contributed by atoms with Crippen LogP contribution in [-0.2, 0) is 14.4 Å². The van der Waals surface area contributed by atoms with E-state index in [4.69, 9.17) is 0 Å². The lowest BCUT2D eigenvalue weighted by molar-refractivity contribution is -0.143. The molecule has 1 aliphatic rings.